The zero-order valence-corrected chi connectivity index (χ0v) is 11.6. The molecule has 0 amide bonds. The van der Waals surface area contributed by atoms with E-state index in [2.05, 4.69) is 24.0 Å². The van der Waals surface area contributed by atoms with Gasteiger partial charge in [-0.1, -0.05) is 30.3 Å². The lowest BCUT2D eigenvalue weighted by atomic mass is 10.0. The fourth-order valence-corrected chi connectivity index (χ4v) is 2.31. The Morgan fingerprint density at radius 1 is 1.42 bits per heavy atom. The van der Waals surface area contributed by atoms with Crippen LogP contribution < -0.4 is 0 Å². The lowest BCUT2D eigenvalue weighted by Gasteiger charge is -2.10. The van der Waals surface area contributed by atoms with E-state index < -0.39 is 0 Å². The maximum Gasteiger partial charge on any atom is 0.311 e. The first kappa shape index (κ1) is 13.8. The number of hydrogen-bond donors (Lipinski definition) is 0. The van der Waals surface area contributed by atoms with Crippen LogP contribution in [-0.4, -0.2) is 19.3 Å². The van der Waals surface area contributed by atoms with E-state index in [0.29, 0.717) is 0 Å². The van der Waals surface area contributed by atoms with E-state index >= 15 is 0 Å². The summed E-state index contributed by atoms with van der Waals surface area (Å²) < 4.78 is 4.84. The first-order valence-corrected chi connectivity index (χ1v) is 6.83. The summed E-state index contributed by atoms with van der Waals surface area (Å²) in [6.45, 7) is 2.08. The van der Waals surface area contributed by atoms with Crippen LogP contribution in [0.2, 0.25) is 0 Å². The van der Waals surface area contributed by atoms with Crippen LogP contribution in [0.25, 0.3) is 0 Å². The summed E-state index contributed by atoms with van der Waals surface area (Å²) >= 11 is 0. The molecule has 102 valence electrons. The van der Waals surface area contributed by atoms with Gasteiger partial charge in [-0.3, -0.25) is 9.79 Å². The molecule has 1 aromatic carbocycles. The number of ether oxygens (including phenoxy) is 1. The predicted octanol–water partition coefficient (Wildman–Crippen LogP) is 3.55. The summed E-state index contributed by atoms with van der Waals surface area (Å²) in [5, 5.41) is 0. The van der Waals surface area contributed by atoms with Crippen molar-refractivity contribution in [2.24, 2.45) is 10.4 Å². The minimum Gasteiger partial charge on any atom is -0.469 e. The lowest BCUT2D eigenvalue weighted by molar-refractivity contribution is -0.147. The molecule has 3 nitrogen and oxygen atoms in total. The third-order valence-corrected chi connectivity index (χ3v) is 3.83. The summed E-state index contributed by atoms with van der Waals surface area (Å²) in [7, 11) is 1.47. The molecule has 0 aliphatic heterocycles. The van der Waals surface area contributed by atoms with Gasteiger partial charge in [-0.05, 0) is 44.4 Å². The van der Waals surface area contributed by atoms with Crippen molar-refractivity contribution < 1.29 is 9.53 Å². The first-order valence-electron chi connectivity index (χ1n) is 6.83. The van der Waals surface area contributed by atoms with Crippen LogP contribution in [0.4, 0.5) is 0 Å². The van der Waals surface area contributed by atoms with Gasteiger partial charge < -0.3 is 4.74 Å². The highest BCUT2D eigenvalue weighted by atomic mass is 16.5. The zero-order valence-electron chi connectivity index (χ0n) is 11.6. The Labute approximate surface area is 114 Å². The monoisotopic (exact) mass is 259 g/mol. The largest absolute Gasteiger partial charge is 0.469 e. The number of carbonyl (C=O) groups excluding carboxylic acids is 1. The van der Waals surface area contributed by atoms with Crippen molar-refractivity contribution in [1.29, 1.82) is 0 Å². The molecule has 0 bridgehead atoms. The van der Waals surface area contributed by atoms with Crippen molar-refractivity contribution in [3.63, 3.8) is 0 Å². The molecule has 0 radical (unpaired) electrons. The molecular weight excluding hydrogens is 238 g/mol. The molecule has 0 aromatic heterocycles. The van der Waals surface area contributed by atoms with Gasteiger partial charge in [0.1, 0.15) is 0 Å². The molecule has 1 fully saturated rings. The highest BCUT2D eigenvalue weighted by molar-refractivity contribution is 5.80. The van der Waals surface area contributed by atoms with Crippen LogP contribution in [0.5, 0.6) is 0 Å². The van der Waals surface area contributed by atoms with Gasteiger partial charge in [0.15, 0.2) is 0 Å². The molecule has 0 heterocycles. The summed E-state index contributed by atoms with van der Waals surface area (Å²) in [4.78, 5) is 16.1. The van der Waals surface area contributed by atoms with Gasteiger partial charge in [0.2, 0.25) is 0 Å². The Morgan fingerprint density at radius 3 is 2.68 bits per heavy atom. The number of nitrogens with zero attached hydrogens (tertiary/aromatic N) is 1. The van der Waals surface area contributed by atoms with Crippen LogP contribution in [0, 0.1) is 5.41 Å². The molecule has 0 N–H and O–H groups in total. The number of hydrogen-bond acceptors (Lipinski definition) is 3. The van der Waals surface area contributed by atoms with Gasteiger partial charge in [-0.2, -0.15) is 0 Å². The number of rotatable bonds is 6. The molecule has 19 heavy (non-hydrogen) atoms. The van der Waals surface area contributed by atoms with Gasteiger partial charge in [-0.15, -0.1) is 0 Å². The van der Waals surface area contributed by atoms with E-state index in [1.54, 1.807) is 0 Å². The molecule has 1 aliphatic carbocycles. The fraction of sp³-hybridized carbons (Fsp3) is 0.500. The van der Waals surface area contributed by atoms with Crippen LogP contribution in [0.1, 0.15) is 44.2 Å². The quantitative estimate of drug-likeness (QED) is 0.579. The van der Waals surface area contributed by atoms with Crippen molar-refractivity contribution in [1.82, 2.24) is 0 Å². The molecule has 0 saturated heterocycles. The molecule has 3 heteroatoms. The summed E-state index contributed by atoms with van der Waals surface area (Å²) in [6.07, 6.45) is 5.56. The minimum atomic E-state index is -0.198. The van der Waals surface area contributed by atoms with E-state index in [4.69, 9.17) is 4.74 Å². The SMILES string of the molecule is COC(=O)C1(CCC=N[C@@H](C)c2ccccc2)CC1. The molecule has 1 saturated carbocycles. The fourth-order valence-electron chi connectivity index (χ4n) is 2.31. The molecule has 0 spiro atoms. The van der Waals surface area contributed by atoms with E-state index in [-0.39, 0.29) is 17.4 Å². The third kappa shape index (κ3) is 3.43. The second kappa shape index (κ2) is 6.00. The topological polar surface area (TPSA) is 38.7 Å². The molecule has 2 rings (SSSR count). The second-order valence-corrected chi connectivity index (χ2v) is 5.23. The van der Waals surface area contributed by atoms with Crippen molar-refractivity contribution in [2.45, 2.75) is 38.6 Å². The summed E-state index contributed by atoms with van der Waals surface area (Å²) in [5.41, 5.74) is 1.02. The molecular formula is C16H21NO2. The molecule has 1 aromatic rings. The summed E-state index contributed by atoms with van der Waals surface area (Å²) in [6, 6.07) is 10.4. The molecule has 1 atom stereocenters. The van der Waals surface area contributed by atoms with Gasteiger partial charge in [-0.25, -0.2) is 0 Å². The normalized spacial score (nSPS) is 18.2. The number of methoxy groups -OCH3 is 1. The van der Waals surface area contributed by atoms with Gasteiger partial charge in [0.25, 0.3) is 0 Å². The van der Waals surface area contributed by atoms with E-state index in [0.717, 1.165) is 25.7 Å². The van der Waals surface area contributed by atoms with Crippen LogP contribution in [-0.2, 0) is 9.53 Å². The Balaban J connectivity index is 1.80. The van der Waals surface area contributed by atoms with Crippen molar-refractivity contribution in [2.75, 3.05) is 7.11 Å². The van der Waals surface area contributed by atoms with Crippen molar-refractivity contribution in [3.8, 4) is 0 Å². The zero-order chi connectivity index (χ0) is 13.7. The third-order valence-electron chi connectivity index (χ3n) is 3.83. The van der Waals surface area contributed by atoms with Gasteiger partial charge >= 0.3 is 5.97 Å². The van der Waals surface area contributed by atoms with E-state index in [1.165, 1.54) is 12.7 Å². The maximum absolute atomic E-state index is 11.6. The van der Waals surface area contributed by atoms with Gasteiger partial charge in [0.05, 0.1) is 18.6 Å². The minimum absolute atomic E-state index is 0.0583. The number of aliphatic imine (C=N–C) groups is 1. The first-order chi connectivity index (χ1) is 9.18. The number of esters is 1. The lowest BCUT2D eigenvalue weighted by Crippen LogP contribution is -2.17. The average molecular weight is 259 g/mol. The maximum atomic E-state index is 11.6. The Bertz CT molecular complexity index is 449. The van der Waals surface area contributed by atoms with Crippen LogP contribution in [0.3, 0.4) is 0 Å². The highest BCUT2D eigenvalue weighted by Crippen LogP contribution is 2.50. The Morgan fingerprint density at radius 2 is 2.11 bits per heavy atom. The number of benzene rings is 1. The highest BCUT2D eigenvalue weighted by Gasteiger charge is 2.50. The second-order valence-electron chi connectivity index (χ2n) is 5.23. The molecule has 1 aliphatic rings. The number of carbonyl (C=O) groups is 1. The predicted molar refractivity (Wildman–Crippen MR) is 76.3 cm³/mol. The standard InChI is InChI=1S/C16H21NO2/c1-13(14-7-4-3-5-8-14)17-12-6-9-16(10-11-16)15(18)19-2/h3-5,7-8,12-13H,6,9-11H2,1-2H3/t13-/m0/s1. The average Bonchev–Trinajstić information content (AvgIpc) is 3.24. The Hall–Kier alpha value is -1.64. The molecule has 0 unspecified atom stereocenters. The smallest absolute Gasteiger partial charge is 0.311 e. The van der Waals surface area contributed by atoms with E-state index in [1.807, 2.05) is 24.4 Å². The van der Waals surface area contributed by atoms with E-state index in [9.17, 15) is 4.79 Å². The van der Waals surface area contributed by atoms with Gasteiger partial charge in [0, 0.05) is 0 Å². The van der Waals surface area contributed by atoms with Crippen molar-refractivity contribution in [3.05, 3.63) is 35.9 Å². The summed E-state index contributed by atoms with van der Waals surface area (Å²) in [5.74, 6) is -0.0583. The van der Waals surface area contributed by atoms with Crippen LogP contribution >= 0.6 is 0 Å². The van der Waals surface area contributed by atoms with Crippen LogP contribution in [0.15, 0.2) is 35.3 Å². The van der Waals surface area contributed by atoms with Crippen molar-refractivity contribution >= 4 is 12.2 Å². The Kier molecular flexibility index (Phi) is 4.35.